The predicted molar refractivity (Wildman–Crippen MR) is 79.1 cm³/mol. The van der Waals surface area contributed by atoms with Gasteiger partial charge in [0.25, 0.3) is 0 Å². The van der Waals surface area contributed by atoms with E-state index in [9.17, 15) is 0 Å². The van der Waals surface area contributed by atoms with E-state index in [0.29, 0.717) is 6.04 Å². The molecule has 1 N–H and O–H groups in total. The highest BCUT2D eigenvalue weighted by Gasteiger charge is 2.21. The van der Waals surface area contributed by atoms with Crippen LogP contribution in [-0.4, -0.2) is 20.1 Å². The van der Waals surface area contributed by atoms with E-state index in [4.69, 9.17) is 0 Å². The lowest BCUT2D eigenvalue weighted by atomic mass is 9.85. The third kappa shape index (κ3) is 2.86. The summed E-state index contributed by atoms with van der Waals surface area (Å²) in [6.45, 7) is 6.82. The molecule has 0 aliphatic heterocycles. The van der Waals surface area contributed by atoms with Gasteiger partial charge in [0.05, 0.1) is 0 Å². The SMILES string of the molecule is CCN(CC1CCC1)c1ccccc1C(C)NC. The first kappa shape index (κ1) is 13.4. The van der Waals surface area contributed by atoms with Gasteiger partial charge in [-0.2, -0.15) is 0 Å². The van der Waals surface area contributed by atoms with E-state index in [1.807, 2.05) is 7.05 Å². The van der Waals surface area contributed by atoms with Crippen molar-refractivity contribution in [3.63, 3.8) is 0 Å². The van der Waals surface area contributed by atoms with Crippen LogP contribution in [0.1, 0.15) is 44.7 Å². The second kappa shape index (κ2) is 6.24. The average molecular weight is 246 g/mol. The quantitative estimate of drug-likeness (QED) is 0.825. The third-order valence-corrected chi connectivity index (χ3v) is 4.26. The topological polar surface area (TPSA) is 15.3 Å². The van der Waals surface area contributed by atoms with Crippen LogP contribution >= 0.6 is 0 Å². The van der Waals surface area contributed by atoms with Gasteiger partial charge < -0.3 is 10.2 Å². The summed E-state index contributed by atoms with van der Waals surface area (Å²) in [5, 5.41) is 3.36. The number of nitrogens with one attached hydrogen (secondary N) is 1. The lowest BCUT2D eigenvalue weighted by Gasteiger charge is -2.35. The summed E-state index contributed by atoms with van der Waals surface area (Å²) >= 11 is 0. The zero-order chi connectivity index (χ0) is 13.0. The summed E-state index contributed by atoms with van der Waals surface area (Å²) in [6, 6.07) is 9.23. The van der Waals surface area contributed by atoms with Gasteiger partial charge in [-0.15, -0.1) is 0 Å². The first-order valence-electron chi connectivity index (χ1n) is 7.27. The van der Waals surface area contributed by atoms with Gasteiger partial charge in [-0.25, -0.2) is 0 Å². The van der Waals surface area contributed by atoms with Crippen molar-refractivity contribution >= 4 is 5.69 Å². The van der Waals surface area contributed by atoms with Crippen LogP contribution in [0.5, 0.6) is 0 Å². The van der Waals surface area contributed by atoms with Gasteiger partial charge in [0.15, 0.2) is 0 Å². The maximum atomic E-state index is 3.36. The second-order valence-corrected chi connectivity index (χ2v) is 5.40. The molecule has 1 aromatic rings. The van der Waals surface area contributed by atoms with Crippen LogP contribution in [0.15, 0.2) is 24.3 Å². The molecule has 1 saturated carbocycles. The van der Waals surface area contributed by atoms with Crippen molar-refractivity contribution in [3.8, 4) is 0 Å². The molecule has 1 aliphatic rings. The van der Waals surface area contributed by atoms with E-state index in [2.05, 4.69) is 48.3 Å². The summed E-state index contributed by atoms with van der Waals surface area (Å²) in [7, 11) is 2.03. The van der Waals surface area contributed by atoms with Crippen LogP contribution in [0.25, 0.3) is 0 Å². The fourth-order valence-electron chi connectivity index (χ4n) is 2.68. The number of benzene rings is 1. The molecule has 2 rings (SSSR count). The van der Waals surface area contributed by atoms with Gasteiger partial charge in [-0.05, 0) is 51.3 Å². The highest BCUT2D eigenvalue weighted by atomic mass is 15.1. The van der Waals surface area contributed by atoms with Crippen LogP contribution < -0.4 is 10.2 Å². The van der Waals surface area contributed by atoms with E-state index in [1.165, 1.54) is 37.1 Å². The molecule has 18 heavy (non-hydrogen) atoms. The lowest BCUT2D eigenvalue weighted by molar-refractivity contribution is 0.318. The zero-order valence-electron chi connectivity index (χ0n) is 11.9. The third-order valence-electron chi connectivity index (χ3n) is 4.26. The fourth-order valence-corrected chi connectivity index (χ4v) is 2.68. The van der Waals surface area contributed by atoms with Crippen LogP contribution in [0.3, 0.4) is 0 Å². The van der Waals surface area contributed by atoms with Gasteiger partial charge in [-0.3, -0.25) is 0 Å². The van der Waals surface area contributed by atoms with E-state index < -0.39 is 0 Å². The summed E-state index contributed by atoms with van der Waals surface area (Å²) in [5.74, 6) is 0.919. The molecule has 0 spiro atoms. The molecule has 2 nitrogen and oxygen atoms in total. The molecular formula is C16H26N2. The molecule has 2 heteroatoms. The van der Waals surface area contributed by atoms with Gasteiger partial charge in [-0.1, -0.05) is 24.6 Å². The smallest absolute Gasteiger partial charge is 0.0414 e. The van der Waals surface area contributed by atoms with Gasteiger partial charge >= 0.3 is 0 Å². The Morgan fingerprint density at radius 1 is 1.33 bits per heavy atom. The van der Waals surface area contributed by atoms with Crippen LogP contribution in [0, 0.1) is 5.92 Å². The fraction of sp³-hybridized carbons (Fsp3) is 0.625. The molecule has 1 unspecified atom stereocenters. The van der Waals surface area contributed by atoms with Crippen molar-refractivity contribution < 1.29 is 0 Å². The number of nitrogens with zero attached hydrogens (tertiary/aromatic N) is 1. The maximum absolute atomic E-state index is 3.36. The van der Waals surface area contributed by atoms with Crippen LogP contribution in [0.4, 0.5) is 5.69 Å². The normalized spacial score (nSPS) is 17.3. The second-order valence-electron chi connectivity index (χ2n) is 5.40. The first-order valence-corrected chi connectivity index (χ1v) is 7.27. The van der Waals surface area contributed by atoms with E-state index in [1.54, 1.807) is 0 Å². The van der Waals surface area contributed by atoms with Crippen LogP contribution in [-0.2, 0) is 0 Å². The summed E-state index contributed by atoms with van der Waals surface area (Å²) < 4.78 is 0. The van der Waals surface area contributed by atoms with Crippen molar-refractivity contribution in [2.75, 3.05) is 25.0 Å². The van der Waals surface area contributed by atoms with Crippen molar-refractivity contribution in [2.45, 2.75) is 39.2 Å². The van der Waals surface area contributed by atoms with E-state index in [0.717, 1.165) is 12.5 Å². The standard InChI is InChI=1S/C16H26N2/c1-4-18(12-14-8-7-9-14)16-11-6-5-10-15(16)13(2)17-3/h5-6,10-11,13-14,17H,4,7-9,12H2,1-3H3. The first-order chi connectivity index (χ1) is 8.76. The van der Waals surface area contributed by atoms with E-state index in [-0.39, 0.29) is 0 Å². The molecule has 1 atom stereocenters. The Kier molecular flexibility index (Phi) is 4.65. The molecule has 0 amide bonds. The van der Waals surface area contributed by atoms with Gasteiger partial charge in [0, 0.05) is 24.8 Å². The molecule has 0 bridgehead atoms. The largest absolute Gasteiger partial charge is 0.371 e. The Hall–Kier alpha value is -1.02. The molecule has 0 aromatic heterocycles. The van der Waals surface area contributed by atoms with Crippen molar-refractivity contribution in [1.82, 2.24) is 5.32 Å². The summed E-state index contributed by atoms with van der Waals surface area (Å²) in [4.78, 5) is 2.55. The Morgan fingerprint density at radius 2 is 2.06 bits per heavy atom. The highest BCUT2D eigenvalue weighted by Crippen LogP contribution is 2.31. The molecule has 0 saturated heterocycles. The molecule has 1 aliphatic carbocycles. The molecule has 0 radical (unpaired) electrons. The van der Waals surface area contributed by atoms with Crippen molar-refractivity contribution in [1.29, 1.82) is 0 Å². The van der Waals surface area contributed by atoms with Crippen LogP contribution in [0.2, 0.25) is 0 Å². The minimum Gasteiger partial charge on any atom is -0.371 e. The Morgan fingerprint density at radius 3 is 2.61 bits per heavy atom. The molecule has 1 aromatic carbocycles. The molecule has 100 valence electrons. The molecular weight excluding hydrogens is 220 g/mol. The molecule has 1 fully saturated rings. The minimum absolute atomic E-state index is 0.414. The minimum atomic E-state index is 0.414. The van der Waals surface area contributed by atoms with Gasteiger partial charge in [0.2, 0.25) is 0 Å². The van der Waals surface area contributed by atoms with Crippen molar-refractivity contribution in [2.24, 2.45) is 5.92 Å². The summed E-state index contributed by atoms with van der Waals surface area (Å²) in [5.41, 5.74) is 2.83. The number of para-hydroxylation sites is 1. The molecule has 0 heterocycles. The number of hydrogen-bond donors (Lipinski definition) is 1. The monoisotopic (exact) mass is 246 g/mol. The van der Waals surface area contributed by atoms with Gasteiger partial charge in [0.1, 0.15) is 0 Å². The lowest BCUT2D eigenvalue weighted by Crippen LogP contribution is -2.33. The zero-order valence-corrected chi connectivity index (χ0v) is 11.9. The number of anilines is 1. The van der Waals surface area contributed by atoms with E-state index >= 15 is 0 Å². The Balaban J connectivity index is 2.17. The Bertz CT molecular complexity index is 371. The Labute approximate surface area is 111 Å². The highest BCUT2D eigenvalue weighted by molar-refractivity contribution is 5.55. The number of rotatable bonds is 6. The number of hydrogen-bond acceptors (Lipinski definition) is 2. The predicted octanol–water partition coefficient (Wildman–Crippen LogP) is 3.59. The van der Waals surface area contributed by atoms with Crippen molar-refractivity contribution in [3.05, 3.63) is 29.8 Å². The summed E-state index contributed by atoms with van der Waals surface area (Å²) in [6.07, 6.45) is 4.26. The average Bonchev–Trinajstić information content (AvgIpc) is 2.37. The maximum Gasteiger partial charge on any atom is 0.0414 e.